The highest BCUT2D eigenvalue weighted by atomic mass is 32.2. The van der Waals surface area contributed by atoms with Gasteiger partial charge in [-0.2, -0.15) is 5.26 Å². The molecule has 0 amide bonds. The molecule has 3 rings (SSSR count). The maximum absolute atomic E-state index is 9.25. The van der Waals surface area contributed by atoms with Crippen LogP contribution in [0.4, 0.5) is 0 Å². The van der Waals surface area contributed by atoms with Crippen molar-refractivity contribution in [1.29, 1.82) is 5.26 Å². The third-order valence-electron chi connectivity index (χ3n) is 2.83. The van der Waals surface area contributed by atoms with Crippen LogP contribution in [0.1, 0.15) is 11.3 Å². The summed E-state index contributed by atoms with van der Waals surface area (Å²) in [6, 6.07) is 13.8. The molecule has 3 aromatic rings. The number of benzene rings is 1. The number of aromatic nitrogens is 1. The van der Waals surface area contributed by atoms with Crippen molar-refractivity contribution in [3.05, 3.63) is 54.0 Å². The van der Waals surface area contributed by atoms with E-state index >= 15 is 0 Å². The predicted octanol–water partition coefficient (Wildman–Crippen LogP) is 4.16. The zero-order valence-corrected chi connectivity index (χ0v) is 11.1. The molecule has 0 bridgehead atoms. The molecule has 0 radical (unpaired) electrons. The minimum atomic E-state index is 0.587. The fourth-order valence-electron chi connectivity index (χ4n) is 1.84. The summed E-state index contributed by atoms with van der Waals surface area (Å²) in [5, 5.41) is 10.9. The molecule has 4 heteroatoms. The molecule has 2 aromatic heterocycles. The third kappa shape index (κ3) is 2.20. The van der Waals surface area contributed by atoms with Gasteiger partial charge in [0.1, 0.15) is 16.9 Å². The van der Waals surface area contributed by atoms with E-state index < -0.39 is 0 Å². The minimum Gasteiger partial charge on any atom is -0.468 e. The molecular weight excluding hydrogens is 256 g/mol. The Balaban J connectivity index is 2.12. The normalized spacial score (nSPS) is 10.5. The van der Waals surface area contributed by atoms with Crippen LogP contribution in [0, 0.1) is 18.3 Å². The van der Waals surface area contributed by atoms with Crippen LogP contribution in [-0.2, 0) is 0 Å². The van der Waals surface area contributed by atoms with Gasteiger partial charge in [0.2, 0.25) is 0 Å². The predicted molar refractivity (Wildman–Crippen MR) is 74.0 cm³/mol. The Morgan fingerprint density at radius 2 is 2.11 bits per heavy atom. The Labute approximate surface area is 114 Å². The lowest BCUT2D eigenvalue weighted by Crippen LogP contribution is -1.88. The highest BCUT2D eigenvalue weighted by Crippen LogP contribution is 2.33. The molecule has 0 saturated heterocycles. The molecule has 3 nitrogen and oxygen atoms in total. The third-order valence-corrected chi connectivity index (χ3v) is 3.98. The van der Waals surface area contributed by atoms with E-state index in [0.29, 0.717) is 10.6 Å². The zero-order valence-electron chi connectivity index (χ0n) is 10.3. The maximum Gasteiger partial charge on any atom is 0.119 e. The highest BCUT2D eigenvalue weighted by molar-refractivity contribution is 7.99. The first-order valence-corrected chi connectivity index (χ1v) is 6.61. The second kappa shape index (κ2) is 4.79. The Hall–Kier alpha value is -2.25. The van der Waals surface area contributed by atoms with Gasteiger partial charge in [-0.25, -0.2) is 4.98 Å². The first-order valence-electron chi connectivity index (χ1n) is 5.80. The lowest BCUT2D eigenvalue weighted by molar-refractivity contribution is 0.527. The molecule has 1 aromatic carbocycles. The average molecular weight is 266 g/mol. The largest absolute Gasteiger partial charge is 0.468 e. The van der Waals surface area contributed by atoms with Gasteiger partial charge in [0.25, 0.3) is 0 Å². The summed E-state index contributed by atoms with van der Waals surface area (Å²) >= 11 is 1.46. The van der Waals surface area contributed by atoms with Gasteiger partial charge in [0, 0.05) is 5.39 Å². The molecule has 0 spiro atoms. The van der Waals surface area contributed by atoms with Crippen molar-refractivity contribution in [3.8, 4) is 6.07 Å². The number of fused-ring (bicyclic) bond motifs is 1. The molecule has 0 atom stereocenters. The molecule has 0 aliphatic heterocycles. The number of para-hydroxylation sites is 1. The smallest absolute Gasteiger partial charge is 0.119 e. The molecular formula is C15H10N2OS. The first kappa shape index (κ1) is 11.8. The molecule has 2 heterocycles. The molecule has 19 heavy (non-hydrogen) atoms. The van der Waals surface area contributed by atoms with Crippen molar-refractivity contribution in [2.24, 2.45) is 0 Å². The van der Waals surface area contributed by atoms with Crippen molar-refractivity contribution in [2.75, 3.05) is 0 Å². The monoisotopic (exact) mass is 266 g/mol. The Morgan fingerprint density at radius 3 is 2.84 bits per heavy atom. The van der Waals surface area contributed by atoms with Crippen molar-refractivity contribution in [1.82, 2.24) is 4.98 Å². The Morgan fingerprint density at radius 1 is 1.26 bits per heavy atom. The molecule has 92 valence electrons. The number of rotatable bonds is 2. The van der Waals surface area contributed by atoms with Crippen molar-refractivity contribution in [2.45, 2.75) is 16.8 Å². The summed E-state index contributed by atoms with van der Waals surface area (Å²) in [5.74, 6) is 0.837. The summed E-state index contributed by atoms with van der Waals surface area (Å²) in [5.41, 5.74) is 1.48. The van der Waals surface area contributed by atoms with E-state index in [1.165, 1.54) is 11.8 Å². The number of hydrogen-bond acceptors (Lipinski definition) is 4. The van der Waals surface area contributed by atoms with Gasteiger partial charge in [0.15, 0.2) is 0 Å². The first-order chi connectivity index (χ1) is 9.28. The van der Waals surface area contributed by atoms with Gasteiger partial charge in [0.05, 0.1) is 22.2 Å². The zero-order chi connectivity index (χ0) is 13.2. The van der Waals surface area contributed by atoms with Gasteiger partial charge in [-0.05, 0) is 25.1 Å². The number of hydrogen-bond donors (Lipinski definition) is 0. The second-order valence-electron chi connectivity index (χ2n) is 4.09. The quantitative estimate of drug-likeness (QED) is 0.698. The fourth-order valence-corrected chi connectivity index (χ4v) is 2.72. The van der Waals surface area contributed by atoms with E-state index in [0.717, 1.165) is 21.6 Å². The number of nitrogens with zero attached hydrogens (tertiary/aromatic N) is 2. The molecule has 0 unspecified atom stereocenters. The summed E-state index contributed by atoms with van der Waals surface area (Å²) in [6.07, 6.45) is 1.64. The minimum absolute atomic E-state index is 0.587. The van der Waals surface area contributed by atoms with Crippen molar-refractivity contribution < 1.29 is 4.42 Å². The summed E-state index contributed by atoms with van der Waals surface area (Å²) < 4.78 is 5.27. The second-order valence-corrected chi connectivity index (χ2v) is 5.12. The lowest BCUT2D eigenvalue weighted by atomic mass is 10.2. The molecule has 0 aliphatic carbocycles. The van der Waals surface area contributed by atoms with Gasteiger partial charge in [-0.3, -0.25) is 0 Å². The molecule has 0 aliphatic rings. The van der Waals surface area contributed by atoms with E-state index in [1.807, 2.05) is 43.3 Å². The van der Waals surface area contributed by atoms with Crippen LogP contribution in [0.15, 0.2) is 57.0 Å². The van der Waals surface area contributed by atoms with Crippen LogP contribution in [-0.4, -0.2) is 4.98 Å². The van der Waals surface area contributed by atoms with E-state index in [1.54, 1.807) is 6.26 Å². The Bertz CT molecular complexity index is 786. The number of pyridine rings is 1. The van der Waals surface area contributed by atoms with Crippen molar-refractivity contribution >= 4 is 22.7 Å². The van der Waals surface area contributed by atoms with Crippen LogP contribution in [0.25, 0.3) is 10.9 Å². The van der Waals surface area contributed by atoms with Crippen LogP contribution in [0.3, 0.4) is 0 Å². The average Bonchev–Trinajstić information content (AvgIpc) is 2.83. The topological polar surface area (TPSA) is 49.8 Å². The SMILES string of the molecule is Cc1occc1Sc1nc2ccccc2cc1C#N. The fraction of sp³-hybridized carbons (Fsp3) is 0.0667. The molecule has 0 fully saturated rings. The standard InChI is InChI=1S/C15H10N2OS/c1-10-14(6-7-18-10)19-15-12(9-16)8-11-4-2-3-5-13(11)17-15/h2-8H,1H3. The van der Waals surface area contributed by atoms with Gasteiger partial charge in [-0.1, -0.05) is 30.0 Å². The van der Waals surface area contributed by atoms with E-state index in [2.05, 4.69) is 11.1 Å². The highest BCUT2D eigenvalue weighted by Gasteiger charge is 2.11. The van der Waals surface area contributed by atoms with E-state index in [4.69, 9.17) is 4.42 Å². The summed E-state index contributed by atoms with van der Waals surface area (Å²) in [4.78, 5) is 5.55. The lowest BCUT2D eigenvalue weighted by Gasteiger charge is -2.04. The molecule has 0 N–H and O–H groups in total. The van der Waals surface area contributed by atoms with Crippen LogP contribution < -0.4 is 0 Å². The Kier molecular flexibility index (Phi) is 2.98. The van der Waals surface area contributed by atoms with Crippen molar-refractivity contribution in [3.63, 3.8) is 0 Å². The number of furan rings is 1. The van der Waals surface area contributed by atoms with Crippen LogP contribution >= 0.6 is 11.8 Å². The van der Waals surface area contributed by atoms with Crippen LogP contribution in [0.5, 0.6) is 0 Å². The van der Waals surface area contributed by atoms with E-state index in [-0.39, 0.29) is 0 Å². The summed E-state index contributed by atoms with van der Waals surface area (Å²) in [6.45, 7) is 1.90. The number of nitriles is 1. The maximum atomic E-state index is 9.25. The van der Waals surface area contributed by atoms with Gasteiger partial charge in [-0.15, -0.1) is 0 Å². The molecule has 0 saturated carbocycles. The number of aryl methyl sites for hydroxylation is 1. The van der Waals surface area contributed by atoms with Gasteiger partial charge < -0.3 is 4.42 Å². The summed E-state index contributed by atoms with van der Waals surface area (Å²) in [7, 11) is 0. The van der Waals surface area contributed by atoms with Crippen LogP contribution in [0.2, 0.25) is 0 Å². The van der Waals surface area contributed by atoms with E-state index in [9.17, 15) is 5.26 Å². The van der Waals surface area contributed by atoms with Gasteiger partial charge >= 0.3 is 0 Å².